The molecule has 0 aliphatic heterocycles. The molecule has 0 saturated carbocycles. The van der Waals surface area contributed by atoms with Crippen molar-refractivity contribution in [3.8, 4) is 0 Å². The number of carbonyl (C=O) groups is 1. The summed E-state index contributed by atoms with van der Waals surface area (Å²) >= 11 is 0.883. The van der Waals surface area contributed by atoms with E-state index >= 15 is 0 Å². The summed E-state index contributed by atoms with van der Waals surface area (Å²) in [6, 6.07) is 10.8. The van der Waals surface area contributed by atoms with Gasteiger partial charge in [-0.1, -0.05) is 23.5 Å². The van der Waals surface area contributed by atoms with Crippen LogP contribution in [0.5, 0.6) is 0 Å². The van der Waals surface area contributed by atoms with Crippen LogP contribution in [0.4, 0.5) is 5.00 Å². The molecular formula is C16H16N4O3S. The molecule has 0 bridgehead atoms. The van der Waals surface area contributed by atoms with Crippen molar-refractivity contribution in [2.24, 2.45) is 0 Å². The number of amides is 1. The summed E-state index contributed by atoms with van der Waals surface area (Å²) in [4.78, 5) is 27.0. The normalized spacial score (nSPS) is 10.9. The number of aromatic nitrogens is 2. The van der Waals surface area contributed by atoms with Gasteiger partial charge in [0.05, 0.1) is 20.8 Å². The van der Waals surface area contributed by atoms with Gasteiger partial charge in [-0.25, -0.2) is 4.98 Å². The van der Waals surface area contributed by atoms with Crippen molar-refractivity contribution < 1.29 is 9.72 Å². The van der Waals surface area contributed by atoms with E-state index in [1.807, 2.05) is 31.2 Å². The van der Waals surface area contributed by atoms with Gasteiger partial charge >= 0.3 is 5.00 Å². The SMILES string of the molecule is Cc1nc2ccccc2n1CCCNC(=O)c1ccc([N+](=O)[O-])s1. The number of nitro groups is 1. The molecule has 1 aromatic carbocycles. The minimum absolute atomic E-state index is 0.0272. The van der Waals surface area contributed by atoms with Crippen molar-refractivity contribution in [2.75, 3.05) is 6.54 Å². The first-order valence-corrected chi connectivity index (χ1v) is 8.32. The van der Waals surface area contributed by atoms with E-state index < -0.39 is 4.92 Å². The molecule has 1 N–H and O–H groups in total. The molecule has 24 heavy (non-hydrogen) atoms. The monoisotopic (exact) mass is 344 g/mol. The minimum Gasteiger partial charge on any atom is -0.351 e. The predicted octanol–water partition coefficient (Wildman–Crippen LogP) is 3.13. The van der Waals surface area contributed by atoms with Crippen molar-refractivity contribution >= 4 is 33.3 Å². The second-order valence-electron chi connectivity index (χ2n) is 5.30. The number of benzene rings is 1. The molecule has 0 spiro atoms. The topological polar surface area (TPSA) is 90.1 Å². The fourth-order valence-corrected chi connectivity index (χ4v) is 3.29. The molecule has 124 valence electrons. The molecule has 0 saturated heterocycles. The number of para-hydroxylation sites is 2. The van der Waals surface area contributed by atoms with E-state index in [9.17, 15) is 14.9 Å². The molecule has 0 fully saturated rings. The molecule has 7 nitrogen and oxygen atoms in total. The van der Waals surface area contributed by atoms with Crippen LogP contribution in [-0.4, -0.2) is 26.9 Å². The maximum Gasteiger partial charge on any atom is 0.324 e. The maximum absolute atomic E-state index is 12.0. The predicted molar refractivity (Wildman–Crippen MR) is 92.4 cm³/mol. The van der Waals surface area contributed by atoms with E-state index in [-0.39, 0.29) is 10.9 Å². The Morgan fingerprint density at radius 1 is 1.33 bits per heavy atom. The van der Waals surface area contributed by atoms with E-state index in [0.717, 1.165) is 41.2 Å². The Bertz CT molecular complexity index is 900. The average Bonchev–Trinajstić information content (AvgIpc) is 3.16. The summed E-state index contributed by atoms with van der Waals surface area (Å²) in [5.74, 6) is 0.664. The molecule has 2 aromatic heterocycles. The van der Waals surface area contributed by atoms with E-state index in [0.29, 0.717) is 11.4 Å². The van der Waals surface area contributed by atoms with Gasteiger partial charge in [-0.2, -0.15) is 0 Å². The van der Waals surface area contributed by atoms with Gasteiger partial charge in [-0.3, -0.25) is 14.9 Å². The standard InChI is InChI=1S/C16H16N4O3S/c1-11-18-12-5-2-3-6-13(12)19(11)10-4-9-17-16(21)14-7-8-15(24-14)20(22)23/h2-3,5-8H,4,9-10H2,1H3,(H,17,21). The first-order valence-electron chi connectivity index (χ1n) is 7.50. The number of imidazole rings is 1. The highest BCUT2D eigenvalue weighted by Crippen LogP contribution is 2.23. The van der Waals surface area contributed by atoms with Crippen molar-refractivity contribution in [3.63, 3.8) is 0 Å². The highest BCUT2D eigenvalue weighted by atomic mass is 32.1. The molecule has 1 amide bonds. The maximum atomic E-state index is 12.0. The number of thiophene rings is 1. The molecule has 0 aliphatic rings. The Kier molecular flexibility index (Phi) is 4.57. The smallest absolute Gasteiger partial charge is 0.324 e. The number of fused-ring (bicyclic) bond motifs is 1. The molecule has 0 atom stereocenters. The average molecular weight is 344 g/mol. The second kappa shape index (κ2) is 6.79. The van der Waals surface area contributed by atoms with Crippen LogP contribution in [0, 0.1) is 17.0 Å². The molecular weight excluding hydrogens is 328 g/mol. The third kappa shape index (κ3) is 3.28. The van der Waals surface area contributed by atoms with Gasteiger partial charge in [0.25, 0.3) is 5.91 Å². The molecule has 0 unspecified atom stereocenters. The van der Waals surface area contributed by atoms with Gasteiger partial charge in [0.15, 0.2) is 0 Å². The molecule has 3 aromatic rings. The lowest BCUT2D eigenvalue weighted by Crippen LogP contribution is -2.24. The molecule has 2 heterocycles. The number of carbonyl (C=O) groups excluding carboxylic acids is 1. The van der Waals surface area contributed by atoms with Gasteiger partial charge in [-0.15, -0.1) is 0 Å². The number of hydrogen-bond acceptors (Lipinski definition) is 5. The zero-order valence-corrected chi connectivity index (χ0v) is 13.9. The largest absolute Gasteiger partial charge is 0.351 e. The second-order valence-corrected chi connectivity index (χ2v) is 6.37. The van der Waals surface area contributed by atoms with Crippen LogP contribution >= 0.6 is 11.3 Å². The van der Waals surface area contributed by atoms with Crippen LogP contribution < -0.4 is 5.32 Å². The Labute approximate surface area is 142 Å². The Morgan fingerprint density at radius 2 is 2.12 bits per heavy atom. The van der Waals surface area contributed by atoms with E-state index in [4.69, 9.17) is 0 Å². The summed E-state index contributed by atoms with van der Waals surface area (Å²) in [6.07, 6.45) is 0.750. The third-order valence-corrected chi connectivity index (χ3v) is 4.72. The summed E-state index contributed by atoms with van der Waals surface area (Å²) in [5.41, 5.74) is 2.04. The van der Waals surface area contributed by atoms with E-state index in [1.54, 1.807) is 0 Å². The Balaban J connectivity index is 1.55. The fraction of sp³-hybridized carbons (Fsp3) is 0.250. The lowest BCUT2D eigenvalue weighted by Gasteiger charge is -2.07. The van der Waals surface area contributed by atoms with E-state index in [1.165, 1.54) is 12.1 Å². The van der Waals surface area contributed by atoms with Crippen LogP contribution in [0.1, 0.15) is 21.9 Å². The van der Waals surface area contributed by atoms with Gasteiger partial charge in [0.1, 0.15) is 5.82 Å². The Hall–Kier alpha value is -2.74. The summed E-state index contributed by atoms with van der Waals surface area (Å²) in [5, 5.41) is 13.4. The van der Waals surface area contributed by atoms with Crippen LogP contribution in [0.15, 0.2) is 36.4 Å². The quantitative estimate of drug-likeness (QED) is 0.422. The summed E-state index contributed by atoms with van der Waals surface area (Å²) in [6.45, 7) is 3.21. The molecule has 3 rings (SSSR count). The van der Waals surface area contributed by atoms with Gasteiger partial charge in [0.2, 0.25) is 0 Å². The lowest BCUT2D eigenvalue weighted by molar-refractivity contribution is -0.380. The number of aryl methyl sites for hydroxylation is 2. The van der Waals surface area contributed by atoms with Crippen LogP contribution in [0.25, 0.3) is 11.0 Å². The first-order chi connectivity index (χ1) is 11.6. The van der Waals surface area contributed by atoms with Crippen LogP contribution in [0.3, 0.4) is 0 Å². The van der Waals surface area contributed by atoms with Gasteiger partial charge < -0.3 is 9.88 Å². The number of rotatable bonds is 6. The fourth-order valence-electron chi connectivity index (χ4n) is 2.55. The van der Waals surface area contributed by atoms with Crippen molar-refractivity contribution in [1.82, 2.24) is 14.9 Å². The van der Waals surface area contributed by atoms with Crippen molar-refractivity contribution in [1.29, 1.82) is 0 Å². The molecule has 0 radical (unpaired) electrons. The van der Waals surface area contributed by atoms with Crippen LogP contribution in [-0.2, 0) is 6.54 Å². The first kappa shape index (κ1) is 16.1. The zero-order valence-electron chi connectivity index (χ0n) is 13.1. The number of hydrogen-bond donors (Lipinski definition) is 1. The lowest BCUT2D eigenvalue weighted by atomic mass is 10.3. The minimum atomic E-state index is -0.492. The summed E-state index contributed by atoms with van der Waals surface area (Å²) in [7, 11) is 0. The number of nitrogens with zero attached hydrogens (tertiary/aromatic N) is 3. The van der Waals surface area contributed by atoms with Crippen molar-refractivity contribution in [3.05, 3.63) is 57.2 Å². The van der Waals surface area contributed by atoms with Gasteiger partial charge in [0, 0.05) is 19.2 Å². The Morgan fingerprint density at radius 3 is 2.88 bits per heavy atom. The highest BCUT2D eigenvalue weighted by molar-refractivity contribution is 7.17. The zero-order chi connectivity index (χ0) is 17.1. The molecule has 0 aliphatic carbocycles. The number of nitrogens with one attached hydrogen (secondary N) is 1. The third-order valence-electron chi connectivity index (χ3n) is 3.69. The van der Waals surface area contributed by atoms with Crippen molar-refractivity contribution in [2.45, 2.75) is 19.9 Å². The summed E-state index contributed by atoms with van der Waals surface area (Å²) < 4.78 is 2.12. The van der Waals surface area contributed by atoms with Gasteiger partial charge in [-0.05, 0) is 31.5 Å². The van der Waals surface area contributed by atoms with E-state index in [2.05, 4.69) is 14.9 Å². The molecule has 8 heteroatoms. The van der Waals surface area contributed by atoms with Crippen LogP contribution in [0.2, 0.25) is 0 Å². The highest BCUT2D eigenvalue weighted by Gasteiger charge is 2.14.